The smallest absolute Gasteiger partial charge is 0.289 e. The van der Waals surface area contributed by atoms with E-state index < -0.39 is 4.92 Å². The van der Waals surface area contributed by atoms with Crippen molar-refractivity contribution in [3.05, 3.63) is 69.2 Å². The van der Waals surface area contributed by atoms with E-state index >= 15 is 0 Å². The van der Waals surface area contributed by atoms with E-state index in [1.807, 2.05) is 35.2 Å². The Morgan fingerprint density at radius 2 is 1.96 bits per heavy atom. The molecular weight excluding hydrogens is 342 g/mol. The highest BCUT2D eigenvalue weighted by atomic mass is 35.5. The highest BCUT2D eigenvalue weighted by Gasteiger charge is 2.15. The molecule has 2 aromatic carbocycles. The number of benzene rings is 2. The van der Waals surface area contributed by atoms with Crippen molar-refractivity contribution in [2.45, 2.75) is 19.9 Å². The van der Waals surface area contributed by atoms with Crippen LogP contribution in [0.1, 0.15) is 18.9 Å². The highest BCUT2D eigenvalue weighted by molar-refractivity contribution is 6.32. The Balaban J connectivity index is 2.01. The van der Waals surface area contributed by atoms with E-state index in [2.05, 4.69) is 12.2 Å². The summed E-state index contributed by atoms with van der Waals surface area (Å²) in [7, 11) is 0. The van der Waals surface area contributed by atoms with E-state index in [0.717, 1.165) is 18.5 Å². The van der Waals surface area contributed by atoms with Crippen molar-refractivity contribution in [2.75, 3.05) is 18.4 Å². The number of carbonyl (C=O) groups excluding carboxylic acids is 1. The van der Waals surface area contributed by atoms with E-state index in [0.29, 0.717) is 12.2 Å². The molecule has 0 radical (unpaired) electrons. The largest absolute Gasteiger partial charge is 0.325 e. The van der Waals surface area contributed by atoms with Crippen molar-refractivity contribution in [3.8, 4) is 0 Å². The molecule has 0 atom stereocenters. The lowest BCUT2D eigenvalue weighted by molar-refractivity contribution is -0.384. The molecule has 0 fully saturated rings. The number of nitro groups is 1. The van der Waals surface area contributed by atoms with Gasteiger partial charge in [0.25, 0.3) is 5.69 Å². The first-order valence-electron chi connectivity index (χ1n) is 7.99. The second-order valence-corrected chi connectivity index (χ2v) is 6.07. The van der Waals surface area contributed by atoms with Gasteiger partial charge in [-0.2, -0.15) is 0 Å². The molecule has 0 saturated heterocycles. The molecule has 2 rings (SSSR count). The number of nitro benzene ring substituents is 1. The summed E-state index contributed by atoms with van der Waals surface area (Å²) >= 11 is 5.78. The molecule has 0 aromatic heterocycles. The van der Waals surface area contributed by atoms with Crippen molar-refractivity contribution in [1.82, 2.24) is 4.90 Å². The second kappa shape index (κ2) is 9.15. The molecular formula is C18H20ClN3O3. The van der Waals surface area contributed by atoms with Crippen LogP contribution in [0.4, 0.5) is 11.4 Å². The standard InChI is InChI=1S/C18H20ClN3O3/c1-2-10-21(12-14-6-4-3-5-7-14)13-18(23)20-15-8-9-16(19)17(11-15)22(24)25/h3-9,11H,2,10,12-13H2,1H3,(H,20,23). The average molecular weight is 362 g/mol. The Morgan fingerprint density at radius 3 is 2.60 bits per heavy atom. The van der Waals surface area contributed by atoms with Crippen LogP contribution in [-0.4, -0.2) is 28.8 Å². The lowest BCUT2D eigenvalue weighted by atomic mass is 10.2. The van der Waals surface area contributed by atoms with Crippen LogP contribution < -0.4 is 5.32 Å². The first-order chi connectivity index (χ1) is 12.0. The fraction of sp³-hybridized carbons (Fsp3) is 0.278. The second-order valence-electron chi connectivity index (χ2n) is 5.67. The number of halogens is 1. The molecule has 0 spiro atoms. The van der Waals surface area contributed by atoms with Crippen LogP contribution in [-0.2, 0) is 11.3 Å². The van der Waals surface area contributed by atoms with Crippen LogP contribution in [0.3, 0.4) is 0 Å². The van der Waals surface area contributed by atoms with Crippen LogP contribution in [0.2, 0.25) is 5.02 Å². The van der Waals surface area contributed by atoms with Gasteiger partial charge in [0.1, 0.15) is 5.02 Å². The summed E-state index contributed by atoms with van der Waals surface area (Å²) in [5.41, 5.74) is 1.26. The maximum absolute atomic E-state index is 12.3. The van der Waals surface area contributed by atoms with Crippen molar-refractivity contribution in [1.29, 1.82) is 0 Å². The molecule has 1 amide bonds. The first kappa shape index (κ1) is 18.9. The Kier molecular flexibility index (Phi) is 6.91. The number of hydrogen-bond acceptors (Lipinski definition) is 4. The summed E-state index contributed by atoms with van der Waals surface area (Å²) in [6, 6.07) is 14.1. The molecule has 0 bridgehead atoms. The minimum Gasteiger partial charge on any atom is -0.325 e. The number of anilines is 1. The minimum absolute atomic E-state index is 0.0414. The van der Waals surface area contributed by atoms with Crippen LogP contribution >= 0.6 is 11.6 Å². The Bertz CT molecular complexity index is 738. The fourth-order valence-electron chi connectivity index (χ4n) is 2.51. The van der Waals surface area contributed by atoms with Crippen molar-refractivity contribution in [2.24, 2.45) is 0 Å². The van der Waals surface area contributed by atoms with Crippen molar-refractivity contribution < 1.29 is 9.72 Å². The third-order valence-corrected chi connectivity index (χ3v) is 3.90. The maximum atomic E-state index is 12.3. The van der Waals surface area contributed by atoms with Gasteiger partial charge in [-0.25, -0.2) is 0 Å². The van der Waals surface area contributed by atoms with Gasteiger partial charge >= 0.3 is 0 Å². The molecule has 0 unspecified atom stereocenters. The molecule has 6 nitrogen and oxygen atoms in total. The molecule has 0 aliphatic carbocycles. The number of hydrogen-bond donors (Lipinski definition) is 1. The van der Waals surface area contributed by atoms with Gasteiger partial charge in [-0.15, -0.1) is 0 Å². The quantitative estimate of drug-likeness (QED) is 0.567. The zero-order valence-electron chi connectivity index (χ0n) is 13.9. The molecule has 132 valence electrons. The lowest BCUT2D eigenvalue weighted by Crippen LogP contribution is -2.33. The number of carbonyl (C=O) groups is 1. The molecule has 0 heterocycles. The summed E-state index contributed by atoms with van der Waals surface area (Å²) in [5, 5.41) is 13.7. The zero-order valence-corrected chi connectivity index (χ0v) is 14.7. The monoisotopic (exact) mass is 361 g/mol. The van der Waals surface area contributed by atoms with Crippen molar-refractivity contribution >= 4 is 28.9 Å². The van der Waals surface area contributed by atoms with Crippen LogP contribution in [0.25, 0.3) is 0 Å². The summed E-state index contributed by atoms with van der Waals surface area (Å²) in [5.74, 6) is -0.221. The molecule has 2 aromatic rings. The number of amides is 1. The van der Waals surface area contributed by atoms with E-state index in [-0.39, 0.29) is 23.2 Å². The summed E-state index contributed by atoms with van der Waals surface area (Å²) in [6.45, 7) is 3.71. The van der Waals surface area contributed by atoms with Crippen LogP contribution in [0, 0.1) is 10.1 Å². The predicted octanol–water partition coefficient (Wildman–Crippen LogP) is 4.10. The van der Waals surface area contributed by atoms with Gasteiger partial charge in [0.2, 0.25) is 5.91 Å². The molecule has 0 aliphatic heterocycles. The van der Waals surface area contributed by atoms with Gasteiger partial charge in [0.05, 0.1) is 11.5 Å². The number of nitrogens with zero attached hydrogens (tertiary/aromatic N) is 2. The molecule has 0 aliphatic rings. The molecule has 0 saturated carbocycles. The number of nitrogens with one attached hydrogen (secondary N) is 1. The third-order valence-electron chi connectivity index (χ3n) is 3.58. The third kappa shape index (κ3) is 5.85. The van der Waals surface area contributed by atoms with Gasteiger partial charge in [-0.3, -0.25) is 19.8 Å². The van der Waals surface area contributed by atoms with Crippen LogP contribution in [0.5, 0.6) is 0 Å². The summed E-state index contributed by atoms with van der Waals surface area (Å²) < 4.78 is 0. The van der Waals surface area contributed by atoms with E-state index in [1.165, 1.54) is 12.1 Å². The average Bonchev–Trinajstić information content (AvgIpc) is 2.57. The van der Waals surface area contributed by atoms with E-state index in [1.54, 1.807) is 6.07 Å². The predicted molar refractivity (Wildman–Crippen MR) is 98.7 cm³/mol. The van der Waals surface area contributed by atoms with Gasteiger partial charge < -0.3 is 5.32 Å². The number of rotatable bonds is 8. The van der Waals surface area contributed by atoms with E-state index in [9.17, 15) is 14.9 Å². The summed E-state index contributed by atoms with van der Waals surface area (Å²) in [6.07, 6.45) is 0.923. The first-order valence-corrected chi connectivity index (χ1v) is 8.37. The molecule has 25 heavy (non-hydrogen) atoms. The SMILES string of the molecule is CCCN(CC(=O)Nc1ccc(Cl)c([N+](=O)[O-])c1)Cc1ccccc1. The Morgan fingerprint density at radius 1 is 1.24 bits per heavy atom. The van der Waals surface area contributed by atoms with Gasteiger partial charge in [0, 0.05) is 18.3 Å². The van der Waals surface area contributed by atoms with Gasteiger partial charge in [-0.1, -0.05) is 48.9 Å². The molecule has 7 heteroatoms. The lowest BCUT2D eigenvalue weighted by Gasteiger charge is -2.21. The van der Waals surface area contributed by atoms with E-state index in [4.69, 9.17) is 11.6 Å². The Labute approximate surface area is 151 Å². The molecule has 1 N–H and O–H groups in total. The fourth-order valence-corrected chi connectivity index (χ4v) is 2.69. The van der Waals surface area contributed by atoms with Gasteiger partial charge in [0.15, 0.2) is 0 Å². The summed E-state index contributed by atoms with van der Waals surface area (Å²) in [4.78, 5) is 24.7. The van der Waals surface area contributed by atoms with Gasteiger partial charge in [-0.05, 0) is 30.7 Å². The zero-order chi connectivity index (χ0) is 18.2. The maximum Gasteiger partial charge on any atom is 0.289 e. The van der Waals surface area contributed by atoms with Crippen molar-refractivity contribution in [3.63, 3.8) is 0 Å². The highest BCUT2D eigenvalue weighted by Crippen LogP contribution is 2.27. The normalized spacial score (nSPS) is 10.7. The Hall–Kier alpha value is -2.44. The van der Waals surface area contributed by atoms with Crippen LogP contribution in [0.15, 0.2) is 48.5 Å². The topological polar surface area (TPSA) is 75.5 Å². The minimum atomic E-state index is -0.573.